The van der Waals surface area contributed by atoms with Crippen molar-refractivity contribution < 1.29 is 4.42 Å². The minimum Gasteiger partial charge on any atom is -0.464 e. The second-order valence-electron chi connectivity index (χ2n) is 4.20. The van der Waals surface area contributed by atoms with Gasteiger partial charge in [0.25, 0.3) is 0 Å². The SMILES string of the molecule is CNC(c1ccc(C)o1)c1ccc(C)cc1Br. The van der Waals surface area contributed by atoms with Crippen molar-refractivity contribution in [3.63, 3.8) is 0 Å². The average molecular weight is 294 g/mol. The maximum absolute atomic E-state index is 5.69. The Labute approximate surface area is 110 Å². The number of furan rings is 1. The van der Waals surface area contributed by atoms with Crippen molar-refractivity contribution in [2.45, 2.75) is 19.9 Å². The molecule has 1 aromatic heterocycles. The van der Waals surface area contributed by atoms with E-state index in [0.717, 1.165) is 16.0 Å². The van der Waals surface area contributed by atoms with E-state index in [4.69, 9.17) is 4.42 Å². The van der Waals surface area contributed by atoms with Gasteiger partial charge in [-0.1, -0.05) is 28.1 Å². The topological polar surface area (TPSA) is 25.2 Å². The molecule has 0 fully saturated rings. The maximum Gasteiger partial charge on any atom is 0.125 e. The minimum atomic E-state index is 0.0821. The Morgan fingerprint density at radius 3 is 2.47 bits per heavy atom. The molecule has 0 bridgehead atoms. The van der Waals surface area contributed by atoms with E-state index in [1.807, 2.05) is 26.1 Å². The fraction of sp³-hybridized carbons (Fsp3) is 0.286. The zero-order valence-corrected chi connectivity index (χ0v) is 11.8. The number of rotatable bonds is 3. The average Bonchev–Trinajstić information content (AvgIpc) is 2.69. The zero-order chi connectivity index (χ0) is 12.4. The van der Waals surface area contributed by atoms with Crippen LogP contribution in [0, 0.1) is 13.8 Å². The molecule has 1 unspecified atom stereocenters. The van der Waals surface area contributed by atoms with Gasteiger partial charge >= 0.3 is 0 Å². The number of aryl methyl sites for hydroxylation is 2. The molecule has 0 spiro atoms. The third-order valence-electron chi connectivity index (χ3n) is 2.80. The van der Waals surface area contributed by atoms with Gasteiger partial charge in [0.15, 0.2) is 0 Å². The summed E-state index contributed by atoms with van der Waals surface area (Å²) >= 11 is 3.61. The highest BCUT2D eigenvalue weighted by Gasteiger charge is 2.17. The van der Waals surface area contributed by atoms with Gasteiger partial charge in [-0.2, -0.15) is 0 Å². The molecule has 0 aliphatic carbocycles. The molecular weight excluding hydrogens is 278 g/mol. The number of benzene rings is 1. The monoisotopic (exact) mass is 293 g/mol. The molecule has 2 nitrogen and oxygen atoms in total. The van der Waals surface area contributed by atoms with Crippen LogP contribution in [-0.4, -0.2) is 7.05 Å². The van der Waals surface area contributed by atoms with Crippen LogP contribution in [0.3, 0.4) is 0 Å². The highest BCUT2D eigenvalue weighted by Crippen LogP contribution is 2.30. The van der Waals surface area contributed by atoms with E-state index in [0.29, 0.717) is 0 Å². The van der Waals surface area contributed by atoms with Crippen LogP contribution in [-0.2, 0) is 0 Å². The van der Waals surface area contributed by atoms with Crippen LogP contribution in [0.4, 0.5) is 0 Å². The smallest absolute Gasteiger partial charge is 0.125 e. The van der Waals surface area contributed by atoms with Gasteiger partial charge in [-0.3, -0.25) is 0 Å². The largest absolute Gasteiger partial charge is 0.464 e. The molecule has 0 saturated carbocycles. The molecule has 0 radical (unpaired) electrons. The number of hydrogen-bond donors (Lipinski definition) is 1. The van der Waals surface area contributed by atoms with Gasteiger partial charge in [0.05, 0.1) is 6.04 Å². The summed E-state index contributed by atoms with van der Waals surface area (Å²) in [6.07, 6.45) is 0. The summed E-state index contributed by atoms with van der Waals surface area (Å²) in [6.45, 7) is 4.04. The first kappa shape index (κ1) is 12.4. The van der Waals surface area contributed by atoms with E-state index in [9.17, 15) is 0 Å². The summed E-state index contributed by atoms with van der Waals surface area (Å²) in [5.41, 5.74) is 2.43. The lowest BCUT2D eigenvalue weighted by Crippen LogP contribution is -2.17. The molecule has 3 heteroatoms. The lowest BCUT2D eigenvalue weighted by atomic mass is 10.0. The number of halogens is 1. The number of nitrogens with one attached hydrogen (secondary N) is 1. The van der Waals surface area contributed by atoms with Gasteiger partial charge in [0, 0.05) is 4.47 Å². The molecule has 1 aromatic carbocycles. The van der Waals surface area contributed by atoms with Crippen molar-refractivity contribution in [2.75, 3.05) is 7.05 Å². The van der Waals surface area contributed by atoms with Crippen LogP contribution >= 0.6 is 15.9 Å². The lowest BCUT2D eigenvalue weighted by molar-refractivity contribution is 0.443. The summed E-state index contributed by atoms with van der Waals surface area (Å²) in [6, 6.07) is 10.4. The summed E-state index contributed by atoms with van der Waals surface area (Å²) in [4.78, 5) is 0. The predicted molar refractivity (Wildman–Crippen MR) is 73.2 cm³/mol. The third-order valence-corrected chi connectivity index (χ3v) is 3.49. The van der Waals surface area contributed by atoms with Gasteiger partial charge in [-0.05, 0) is 50.2 Å². The molecule has 0 aliphatic rings. The second kappa shape index (κ2) is 5.07. The van der Waals surface area contributed by atoms with Crippen molar-refractivity contribution in [1.82, 2.24) is 5.32 Å². The van der Waals surface area contributed by atoms with E-state index in [1.54, 1.807) is 0 Å². The Balaban J connectivity index is 2.42. The molecule has 90 valence electrons. The first-order valence-electron chi connectivity index (χ1n) is 5.61. The Morgan fingerprint density at radius 1 is 1.18 bits per heavy atom. The van der Waals surface area contributed by atoms with Crippen molar-refractivity contribution in [1.29, 1.82) is 0 Å². The Bertz CT molecular complexity index is 519. The van der Waals surface area contributed by atoms with Crippen molar-refractivity contribution in [3.8, 4) is 0 Å². The third kappa shape index (κ3) is 2.61. The molecule has 1 N–H and O–H groups in total. The summed E-state index contributed by atoms with van der Waals surface area (Å²) < 4.78 is 6.80. The van der Waals surface area contributed by atoms with Crippen molar-refractivity contribution >= 4 is 15.9 Å². The molecule has 2 aromatic rings. The molecule has 0 amide bonds. The van der Waals surface area contributed by atoms with Gasteiger partial charge in [-0.25, -0.2) is 0 Å². The van der Waals surface area contributed by atoms with Gasteiger partial charge in [0.1, 0.15) is 11.5 Å². The Morgan fingerprint density at radius 2 is 1.94 bits per heavy atom. The van der Waals surface area contributed by atoms with E-state index in [2.05, 4.69) is 46.4 Å². The zero-order valence-electron chi connectivity index (χ0n) is 10.3. The highest BCUT2D eigenvalue weighted by molar-refractivity contribution is 9.10. The van der Waals surface area contributed by atoms with E-state index in [-0.39, 0.29) is 6.04 Å². The Hall–Kier alpha value is -1.06. The molecule has 1 heterocycles. The molecule has 1 atom stereocenters. The molecule has 17 heavy (non-hydrogen) atoms. The summed E-state index contributed by atoms with van der Waals surface area (Å²) in [7, 11) is 1.94. The van der Waals surface area contributed by atoms with Crippen molar-refractivity contribution in [2.24, 2.45) is 0 Å². The van der Waals surface area contributed by atoms with E-state index < -0.39 is 0 Å². The molecular formula is C14H16BrNO. The van der Waals surface area contributed by atoms with Crippen LogP contribution in [0.25, 0.3) is 0 Å². The minimum absolute atomic E-state index is 0.0821. The van der Waals surface area contributed by atoms with Gasteiger partial charge in [0.2, 0.25) is 0 Å². The standard InChI is InChI=1S/C14H16BrNO/c1-9-4-6-11(12(15)8-9)14(16-3)13-7-5-10(2)17-13/h4-8,14,16H,1-3H3. The van der Waals surface area contributed by atoms with Gasteiger partial charge < -0.3 is 9.73 Å². The highest BCUT2D eigenvalue weighted by atomic mass is 79.9. The quantitative estimate of drug-likeness (QED) is 0.926. The Kier molecular flexibility index (Phi) is 3.69. The lowest BCUT2D eigenvalue weighted by Gasteiger charge is -2.16. The van der Waals surface area contributed by atoms with Crippen LogP contribution < -0.4 is 5.32 Å². The first-order valence-corrected chi connectivity index (χ1v) is 6.40. The van der Waals surface area contributed by atoms with E-state index >= 15 is 0 Å². The normalized spacial score (nSPS) is 12.7. The van der Waals surface area contributed by atoms with Crippen molar-refractivity contribution in [3.05, 3.63) is 57.5 Å². The summed E-state index contributed by atoms with van der Waals surface area (Å²) in [5.74, 6) is 1.87. The predicted octanol–water partition coefficient (Wildman–Crippen LogP) is 3.97. The molecule has 0 saturated heterocycles. The maximum atomic E-state index is 5.69. The van der Waals surface area contributed by atoms with Crippen LogP contribution in [0.2, 0.25) is 0 Å². The fourth-order valence-electron chi connectivity index (χ4n) is 1.93. The van der Waals surface area contributed by atoms with Crippen LogP contribution in [0.1, 0.15) is 28.7 Å². The van der Waals surface area contributed by atoms with E-state index in [1.165, 1.54) is 11.1 Å². The van der Waals surface area contributed by atoms with Crippen LogP contribution in [0.15, 0.2) is 39.2 Å². The fourth-order valence-corrected chi connectivity index (χ4v) is 2.65. The summed E-state index contributed by atoms with van der Waals surface area (Å²) in [5, 5.41) is 3.28. The first-order chi connectivity index (χ1) is 8.11. The molecule has 2 rings (SSSR count). The second-order valence-corrected chi connectivity index (χ2v) is 5.05. The van der Waals surface area contributed by atoms with Gasteiger partial charge in [-0.15, -0.1) is 0 Å². The number of hydrogen-bond acceptors (Lipinski definition) is 2. The molecule has 0 aliphatic heterocycles. The van der Waals surface area contributed by atoms with Crippen LogP contribution in [0.5, 0.6) is 0 Å².